The number of hydrogen-bond acceptors (Lipinski definition) is 5. The third-order valence-corrected chi connectivity index (χ3v) is 6.89. The molecule has 2 aromatic rings. The lowest BCUT2D eigenvalue weighted by Crippen LogP contribution is -2.47. The summed E-state index contributed by atoms with van der Waals surface area (Å²) in [7, 11) is 1.63. The average Bonchev–Trinajstić information content (AvgIpc) is 2.74. The van der Waals surface area contributed by atoms with Gasteiger partial charge in [0.25, 0.3) is 0 Å². The van der Waals surface area contributed by atoms with Crippen molar-refractivity contribution in [3.8, 4) is 11.8 Å². The molecule has 4 rings (SSSR count). The van der Waals surface area contributed by atoms with Crippen molar-refractivity contribution in [1.29, 1.82) is 5.26 Å². The van der Waals surface area contributed by atoms with Gasteiger partial charge in [0.2, 0.25) is 5.91 Å². The molecule has 2 aliphatic rings. The van der Waals surface area contributed by atoms with Crippen LogP contribution in [0.5, 0.6) is 5.75 Å². The molecule has 2 aromatic carbocycles. The first kappa shape index (κ1) is 20.0. The average molecular weight is 446 g/mol. The summed E-state index contributed by atoms with van der Waals surface area (Å²) in [5.41, 5.74) is 2.17. The van der Waals surface area contributed by atoms with Gasteiger partial charge in [-0.05, 0) is 42.0 Å². The highest BCUT2D eigenvalue weighted by atomic mass is 35.5. The fourth-order valence-corrected chi connectivity index (χ4v) is 5.44. The minimum absolute atomic E-state index is 0.0503. The van der Waals surface area contributed by atoms with Crippen LogP contribution in [0.2, 0.25) is 10.0 Å². The highest BCUT2D eigenvalue weighted by Crippen LogP contribution is 2.46. The number of allylic oxidation sites excluding steroid dienone is 1. The molecule has 0 saturated carbocycles. The number of ether oxygens (including phenoxy) is 1. The number of amides is 1. The summed E-state index contributed by atoms with van der Waals surface area (Å²) < 4.78 is 5.21. The van der Waals surface area contributed by atoms with E-state index in [1.807, 2.05) is 24.3 Å². The maximum atomic E-state index is 13.0. The lowest BCUT2D eigenvalue weighted by atomic mass is 9.86. The molecule has 1 saturated heterocycles. The van der Waals surface area contributed by atoms with Crippen LogP contribution in [-0.2, 0) is 4.79 Å². The Morgan fingerprint density at radius 1 is 1.17 bits per heavy atom. The van der Waals surface area contributed by atoms with Crippen molar-refractivity contribution in [3.63, 3.8) is 0 Å². The monoisotopic (exact) mass is 445 g/mol. The van der Waals surface area contributed by atoms with Gasteiger partial charge in [-0.3, -0.25) is 9.69 Å². The number of carbonyl (C=O) groups is 1. The Labute approximate surface area is 183 Å². The van der Waals surface area contributed by atoms with Gasteiger partial charge >= 0.3 is 0 Å². The molecule has 0 spiro atoms. The molecule has 2 aliphatic heterocycles. The molecule has 1 fully saturated rings. The summed E-state index contributed by atoms with van der Waals surface area (Å²) >= 11 is 14.2. The van der Waals surface area contributed by atoms with Crippen molar-refractivity contribution in [3.05, 3.63) is 68.7 Å². The van der Waals surface area contributed by atoms with E-state index in [0.717, 1.165) is 11.4 Å². The maximum Gasteiger partial charge on any atom is 0.229 e. The van der Waals surface area contributed by atoms with E-state index < -0.39 is 5.92 Å². The highest BCUT2D eigenvalue weighted by molar-refractivity contribution is 8.03. The first-order valence-corrected chi connectivity index (χ1v) is 10.7. The van der Waals surface area contributed by atoms with Crippen molar-refractivity contribution >= 4 is 46.6 Å². The first-order chi connectivity index (χ1) is 14.0. The third-order valence-electron chi connectivity index (χ3n) is 5.08. The van der Waals surface area contributed by atoms with Crippen LogP contribution in [0.4, 0.5) is 5.69 Å². The van der Waals surface area contributed by atoms with Crippen molar-refractivity contribution < 1.29 is 9.53 Å². The second kappa shape index (κ2) is 8.19. The number of rotatable bonds is 3. The summed E-state index contributed by atoms with van der Waals surface area (Å²) in [4.78, 5) is 16.8. The second-order valence-electron chi connectivity index (χ2n) is 6.70. The van der Waals surface area contributed by atoms with Crippen LogP contribution in [-0.4, -0.2) is 30.5 Å². The number of methoxy groups -OCH3 is 1. The summed E-state index contributed by atoms with van der Waals surface area (Å²) in [6, 6.07) is 15.2. The van der Waals surface area contributed by atoms with E-state index in [9.17, 15) is 10.1 Å². The van der Waals surface area contributed by atoms with Gasteiger partial charge in [0.1, 0.15) is 5.75 Å². The molecule has 0 aliphatic carbocycles. The summed E-state index contributed by atoms with van der Waals surface area (Å²) in [6.07, 6.45) is 0.160. The van der Waals surface area contributed by atoms with E-state index in [2.05, 4.69) is 11.0 Å². The molecule has 8 heteroatoms. The number of nitrogens with zero attached hydrogens (tertiary/aromatic N) is 3. The van der Waals surface area contributed by atoms with E-state index in [0.29, 0.717) is 38.8 Å². The molecule has 0 N–H and O–H groups in total. The predicted molar refractivity (Wildman–Crippen MR) is 116 cm³/mol. The van der Waals surface area contributed by atoms with Crippen LogP contribution in [0.3, 0.4) is 0 Å². The Bertz CT molecular complexity index is 1010. The Kier molecular flexibility index (Phi) is 5.64. The number of carbonyl (C=O) groups excluding carboxylic acids is 1. The lowest BCUT2D eigenvalue weighted by Gasteiger charge is -2.42. The molecule has 29 heavy (non-hydrogen) atoms. The quantitative estimate of drug-likeness (QED) is 0.647. The molecule has 0 bridgehead atoms. The number of nitriles is 1. The molecule has 1 amide bonds. The summed E-state index contributed by atoms with van der Waals surface area (Å²) in [6.45, 7) is 0.391. The van der Waals surface area contributed by atoms with Crippen molar-refractivity contribution in [2.24, 2.45) is 0 Å². The minimum atomic E-state index is -0.431. The topological polar surface area (TPSA) is 56.6 Å². The standard InChI is InChI=1S/C21H17Cl2N3O2S/c1-28-14-7-5-13(6-8-14)25-11-26-19(27)9-15(16(10-24)21(26)29-12-25)20-17(22)3-2-4-18(20)23/h2-8,15H,9,11-12H2,1H3/t15-/m1/s1. The smallest absolute Gasteiger partial charge is 0.229 e. The normalized spacial score (nSPS) is 19.1. The maximum absolute atomic E-state index is 13.0. The van der Waals surface area contributed by atoms with Gasteiger partial charge in [0, 0.05) is 28.1 Å². The zero-order valence-corrected chi connectivity index (χ0v) is 17.9. The zero-order valence-electron chi connectivity index (χ0n) is 15.6. The number of anilines is 1. The third kappa shape index (κ3) is 3.66. The molecular formula is C21H17Cl2N3O2S. The summed E-state index contributed by atoms with van der Waals surface area (Å²) in [5.74, 6) is 0.921. The largest absolute Gasteiger partial charge is 0.497 e. The van der Waals surface area contributed by atoms with E-state index >= 15 is 0 Å². The van der Waals surface area contributed by atoms with Crippen molar-refractivity contribution in [2.75, 3.05) is 24.6 Å². The molecule has 0 aromatic heterocycles. The fraction of sp³-hybridized carbons (Fsp3) is 0.238. The molecule has 0 unspecified atom stereocenters. The lowest BCUT2D eigenvalue weighted by molar-refractivity contribution is -0.129. The van der Waals surface area contributed by atoms with Gasteiger partial charge < -0.3 is 9.64 Å². The van der Waals surface area contributed by atoms with Crippen LogP contribution in [0.15, 0.2) is 53.1 Å². The second-order valence-corrected chi connectivity index (χ2v) is 8.45. The number of benzene rings is 2. The minimum Gasteiger partial charge on any atom is -0.497 e. The molecular weight excluding hydrogens is 429 g/mol. The van der Waals surface area contributed by atoms with Crippen molar-refractivity contribution in [1.82, 2.24) is 4.90 Å². The Morgan fingerprint density at radius 2 is 1.86 bits per heavy atom. The highest BCUT2D eigenvalue weighted by Gasteiger charge is 2.39. The Morgan fingerprint density at radius 3 is 2.48 bits per heavy atom. The van der Waals surface area contributed by atoms with Gasteiger partial charge in [0.05, 0.1) is 36.3 Å². The molecule has 1 atom stereocenters. The number of halogens is 2. The summed E-state index contributed by atoms with van der Waals surface area (Å²) in [5, 5.41) is 11.5. The van der Waals surface area contributed by atoms with Crippen LogP contribution in [0.25, 0.3) is 0 Å². The van der Waals surface area contributed by atoms with Crippen LogP contribution >= 0.6 is 35.0 Å². The number of thioether (sulfide) groups is 1. The fourth-order valence-electron chi connectivity index (χ4n) is 3.61. The van der Waals surface area contributed by atoms with Gasteiger partial charge in [0.15, 0.2) is 0 Å². The molecule has 5 nitrogen and oxygen atoms in total. The molecule has 148 valence electrons. The van der Waals surface area contributed by atoms with E-state index in [4.69, 9.17) is 27.9 Å². The van der Waals surface area contributed by atoms with E-state index in [1.165, 1.54) is 11.8 Å². The van der Waals surface area contributed by atoms with Gasteiger partial charge in [-0.15, -0.1) is 0 Å². The van der Waals surface area contributed by atoms with Crippen LogP contribution in [0.1, 0.15) is 17.9 Å². The molecule has 0 radical (unpaired) electrons. The zero-order chi connectivity index (χ0) is 20.5. The van der Waals surface area contributed by atoms with Gasteiger partial charge in [-0.1, -0.05) is 41.0 Å². The van der Waals surface area contributed by atoms with Gasteiger partial charge in [-0.25, -0.2) is 0 Å². The van der Waals surface area contributed by atoms with Gasteiger partial charge in [-0.2, -0.15) is 5.26 Å². The van der Waals surface area contributed by atoms with Crippen molar-refractivity contribution in [2.45, 2.75) is 12.3 Å². The van der Waals surface area contributed by atoms with Crippen LogP contribution < -0.4 is 9.64 Å². The number of hydrogen-bond donors (Lipinski definition) is 0. The van der Waals surface area contributed by atoms with Crippen LogP contribution in [0, 0.1) is 11.3 Å². The Hall–Kier alpha value is -2.33. The first-order valence-electron chi connectivity index (χ1n) is 8.93. The Balaban J connectivity index is 1.67. The SMILES string of the molecule is COc1ccc(N2CSC3=C(C#N)[C@H](c4c(Cl)cccc4Cl)CC(=O)N3C2)cc1. The van der Waals surface area contributed by atoms with E-state index in [1.54, 1.807) is 30.2 Å². The predicted octanol–water partition coefficient (Wildman–Crippen LogP) is 5.22. The number of fused-ring (bicyclic) bond motifs is 1. The molecule has 2 heterocycles. The van der Waals surface area contributed by atoms with E-state index in [-0.39, 0.29) is 12.3 Å².